The highest BCUT2D eigenvalue weighted by Crippen LogP contribution is 2.19. The van der Waals surface area contributed by atoms with Crippen LogP contribution in [0.1, 0.15) is 13.3 Å². The van der Waals surface area contributed by atoms with Gasteiger partial charge in [0, 0.05) is 13.1 Å². The summed E-state index contributed by atoms with van der Waals surface area (Å²) >= 11 is 0. The Bertz CT molecular complexity index is 381. The minimum atomic E-state index is -1.05. The van der Waals surface area contributed by atoms with Gasteiger partial charge in [-0.25, -0.2) is 9.59 Å². The van der Waals surface area contributed by atoms with Gasteiger partial charge < -0.3 is 14.7 Å². The van der Waals surface area contributed by atoms with Crippen LogP contribution in [-0.4, -0.2) is 41.8 Å². The first-order valence-electron chi connectivity index (χ1n) is 4.87. The van der Waals surface area contributed by atoms with Crippen LogP contribution in [0, 0.1) is 11.3 Å². The Labute approximate surface area is 92.7 Å². The summed E-state index contributed by atoms with van der Waals surface area (Å²) in [6, 6.07) is 1.77. The molecule has 0 saturated carbocycles. The van der Waals surface area contributed by atoms with Gasteiger partial charge in [-0.15, -0.1) is 0 Å². The van der Waals surface area contributed by atoms with E-state index in [1.165, 1.54) is 0 Å². The molecule has 0 aromatic carbocycles. The lowest BCUT2D eigenvalue weighted by molar-refractivity contribution is -0.138. The number of esters is 1. The SMILES string of the molecule is CCOC(=O)/C(C#N)=C1/CCN(C(=O)O)C1. The number of carbonyl (C=O) groups excluding carboxylic acids is 1. The van der Waals surface area contributed by atoms with Crippen molar-refractivity contribution in [3.63, 3.8) is 0 Å². The molecule has 1 heterocycles. The molecule has 6 heteroatoms. The van der Waals surface area contributed by atoms with E-state index >= 15 is 0 Å². The highest BCUT2D eigenvalue weighted by molar-refractivity contribution is 5.94. The summed E-state index contributed by atoms with van der Waals surface area (Å²) in [5, 5.41) is 17.6. The van der Waals surface area contributed by atoms with E-state index in [9.17, 15) is 9.59 Å². The Morgan fingerprint density at radius 1 is 1.62 bits per heavy atom. The molecule has 16 heavy (non-hydrogen) atoms. The van der Waals surface area contributed by atoms with E-state index in [1.807, 2.05) is 0 Å². The molecular weight excluding hydrogens is 212 g/mol. The minimum Gasteiger partial charge on any atom is -0.465 e. The van der Waals surface area contributed by atoms with Crippen molar-refractivity contribution in [3.8, 4) is 6.07 Å². The number of hydrogen-bond donors (Lipinski definition) is 1. The summed E-state index contributed by atoms with van der Waals surface area (Å²) in [6.45, 7) is 2.27. The maximum Gasteiger partial charge on any atom is 0.407 e. The summed E-state index contributed by atoms with van der Waals surface area (Å²) in [7, 11) is 0. The average molecular weight is 224 g/mol. The predicted molar refractivity (Wildman–Crippen MR) is 53.5 cm³/mol. The minimum absolute atomic E-state index is 0.0643. The zero-order chi connectivity index (χ0) is 12.1. The van der Waals surface area contributed by atoms with Crippen LogP contribution in [0.4, 0.5) is 4.79 Å². The largest absolute Gasteiger partial charge is 0.465 e. The molecule has 0 spiro atoms. The topological polar surface area (TPSA) is 90.6 Å². The maximum atomic E-state index is 11.4. The van der Waals surface area contributed by atoms with Gasteiger partial charge in [0.1, 0.15) is 11.6 Å². The van der Waals surface area contributed by atoms with Gasteiger partial charge in [0.05, 0.1) is 6.61 Å². The molecular formula is C10H12N2O4. The van der Waals surface area contributed by atoms with Crippen LogP contribution in [0.2, 0.25) is 0 Å². The molecule has 0 radical (unpaired) electrons. The third kappa shape index (κ3) is 2.51. The van der Waals surface area contributed by atoms with Crippen molar-refractivity contribution in [3.05, 3.63) is 11.1 Å². The lowest BCUT2D eigenvalue weighted by atomic mass is 10.1. The highest BCUT2D eigenvalue weighted by atomic mass is 16.5. The molecule has 1 fully saturated rings. The number of carboxylic acid groups (broad SMARTS) is 1. The van der Waals surface area contributed by atoms with Crippen LogP contribution in [0.25, 0.3) is 0 Å². The first kappa shape index (κ1) is 12.0. The number of carbonyl (C=O) groups is 2. The summed E-state index contributed by atoms with van der Waals surface area (Å²) < 4.78 is 4.72. The maximum absolute atomic E-state index is 11.4. The average Bonchev–Trinajstić information content (AvgIpc) is 2.68. The molecule has 1 aliphatic heterocycles. The van der Waals surface area contributed by atoms with E-state index in [1.54, 1.807) is 13.0 Å². The Morgan fingerprint density at radius 2 is 2.31 bits per heavy atom. The number of nitrogens with zero attached hydrogens (tertiary/aromatic N) is 2. The fourth-order valence-electron chi connectivity index (χ4n) is 1.50. The van der Waals surface area contributed by atoms with Crippen molar-refractivity contribution in [2.75, 3.05) is 19.7 Å². The molecule has 0 aromatic rings. The van der Waals surface area contributed by atoms with Crippen molar-refractivity contribution in [1.29, 1.82) is 5.26 Å². The third-order valence-corrected chi connectivity index (χ3v) is 2.28. The summed E-state index contributed by atoms with van der Waals surface area (Å²) in [4.78, 5) is 23.2. The van der Waals surface area contributed by atoms with Crippen LogP contribution in [0.5, 0.6) is 0 Å². The zero-order valence-corrected chi connectivity index (χ0v) is 8.89. The molecule has 1 N–H and O–H groups in total. The molecule has 0 aromatic heterocycles. The van der Waals surface area contributed by atoms with Gasteiger partial charge in [-0.1, -0.05) is 0 Å². The van der Waals surface area contributed by atoms with E-state index in [0.717, 1.165) is 4.90 Å². The van der Waals surface area contributed by atoms with Gasteiger partial charge in [0.15, 0.2) is 0 Å². The van der Waals surface area contributed by atoms with E-state index in [2.05, 4.69) is 0 Å². The van der Waals surface area contributed by atoms with E-state index in [0.29, 0.717) is 18.5 Å². The first-order chi connectivity index (χ1) is 7.60. The van der Waals surface area contributed by atoms with E-state index in [4.69, 9.17) is 15.1 Å². The fraction of sp³-hybridized carbons (Fsp3) is 0.500. The van der Waals surface area contributed by atoms with Crippen molar-refractivity contribution < 1.29 is 19.4 Å². The number of likely N-dealkylation sites (tertiary alicyclic amines) is 1. The standard InChI is InChI=1S/C10H12N2O4/c1-2-16-9(13)8(5-11)7-3-4-12(6-7)10(14)15/h2-4,6H2,1H3,(H,14,15)/b8-7-. The number of rotatable bonds is 2. The van der Waals surface area contributed by atoms with Crippen LogP contribution in [0.15, 0.2) is 11.1 Å². The number of ether oxygens (including phenoxy) is 1. The second-order valence-electron chi connectivity index (χ2n) is 3.26. The molecule has 1 rings (SSSR count). The Balaban J connectivity index is 2.84. The lowest BCUT2D eigenvalue weighted by Crippen LogP contribution is -2.25. The van der Waals surface area contributed by atoms with Crippen molar-refractivity contribution >= 4 is 12.1 Å². The van der Waals surface area contributed by atoms with Crippen LogP contribution in [-0.2, 0) is 9.53 Å². The van der Waals surface area contributed by atoms with Crippen LogP contribution in [0.3, 0.4) is 0 Å². The first-order valence-corrected chi connectivity index (χ1v) is 4.87. The van der Waals surface area contributed by atoms with Crippen molar-refractivity contribution in [1.82, 2.24) is 4.90 Å². The number of amides is 1. The number of nitriles is 1. The zero-order valence-electron chi connectivity index (χ0n) is 8.89. The summed E-state index contributed by atoms with van der Waals surface area (Å²) in [5.74, 6) is -0.674. The second kappa shape index (κ2) is 5.16. The van der Waals surface area contributed by atoms with Crippen molar-refractivity contribution in [2.45, 2.75) is 13.3 Å². The lowest BCUT2D eigenvalue weighted by Gasteiger charge is -2.08. The summed E-state index contributed by atoms with van der Waals surface area (Å²) in [5.41, 5.74) is 0.467. The van der Waals surface area contributed by atoms with Crippen LogP contribution >= 0.6 is 0 Å². The van der Waals surface area contributed by atoms with Gasteiger partial charge in [-0.05, 0) is 18.9 Å². The predicted octanol–water partition coefficient (Wildman–Crippen LogP) is 0.753. The third-order valence-electron chi connectivity index (χ3n) is 2.28. The van der Waals surface area contributed by atoms with Gasteiger partial charge in [-0.3, -0.25) is 0 Å². The van der Waals surface area contributed by atoms with E-state index < -0.39 is 12.1 Å². The van der Waals surface area contributed by atoms with Crippen LogP contribution < -0.4 is 0 Å². The Morgan fingerprint density at radius 3 is 2.75 bits per heavy atom. The fourth-order valence-corrected chi connectivity index (χ4v) is 1.50. The molecule has 1 aliphatic rings. The molecule has 0 aliphatic carbocycles. The smallest absolute Gasteiger partial charge is 0.407 e. The Hall–Kier alpha value is -2.03. The second-order valence-corrected chi connectivity index (χ2v) is 3.26. The molecule has 1 amide bonds. The van der Waals surface area contributed by atoms with Gasteiger partial charge >= 0.3 is 12.1 Å². The van der Waals surface area contributed by atoms with Crippen molar-refractivity contribution in [2.24, 2.45) is 0 Å². The quantitative estimate of drug-likeness (QED) is 0.424. The molecule has 1 saturated heterocycles. The monoisotopic (exact) mass is 224 g/mol. The van der Waals surface area contributed by atoms with E-state index in [-0.39, 0.29) is 18.7 Å². The normalized spacial score (nSPS) is 17.9. The van der Waals surface area contributed by atoms with Gasteiger partial charge in [0.2, 0.25) is 0 Å². The number of hydrogen-bond acceptors (Lipinski definition) is 4. The van der Waals surface area contributed by atoms with Gasteiger partial charge in [-0.2, -0.15) is 5.26 Å². The molecule has 0 atom stereocenters. The molecule has 86 valence electrons. The molecule has 6 nitrogen and oxygen atoms in total. The molecule has 0 bridgehead atoms. The highest BCUT2D eigenvalue weighted by Gasteiger charge is 2.26. The molecule has 0 unspecified atom stereocenters. The summed E-state index contributed by atoms with van der Waals surface area (Å²) in [6.07, 6.45) is -0.635. The van der Waals surface area contributed by atoms with Gasteiger partial charge in [0.25, 0.3) is 0 Å². The Kier molecular flexibility index (Phi) is 3.89.